The van der Waals surface area contributed by atoms with Crippen molar-refractivity contribution in [2.75, 3.05) is 0 Å². The van der Waals surface area contributed by atoms with Gasteiger partial charge in [-0.1, -0.05) is 30.0 Å². The molecule has 0 unspecified atom stereocenters. The molecule has 1 aliphatic carbocycles. The van der Waals surface area contributed by atoms with Crippen molar-refractivity contribution in [2.45, 2.75) is 29.8 Å². The summed E-state index contributed by atoms with van der Waals surface area (Å²) in [6, 6.07) is 10.4. The van der Waals surface area contributed by atoms with E-state index in [0.29, 0.717) is 11.8 Å². The Balaban J connectivity index is 1.46. The van der Waals surface area contributed by atoms with Gasteiger partial charge in [-0.3, -0.25) is 0 Å². The molecule has 3 aromatic rings. The zero-order chi connectivity index (χ0) is 14.1. The number of hydrogen-bond acceptors (Lipinski definition) is 6. The number of aromatic nitrogens is 7. The predicted molar refractivity (Wildman–Crippen MR) is 77.0 cm³/mol. The maximum atomic E-state index is 4.48. The van der Waals surface area contributed by atoms with Gasteiger partial charge in [0.25, 0.3) is 0 Å². The van der Waals surface area contributed by atoms with Crippen LogP contribution < -0.4 is 0 Å². The van der Waals surface area contributed by atoms with Gasteiger partial charge in [-0.15, -0.1) is 5.10 Å². The molecule has 0 aliphatic heterocycles. The van der Waals surface area contributed by atoms with Gasteiger partial charge in [0.15, 0.2) is 0 Å². The summed E-state index contributed by atoms with van der Waals surface area (Å²) in [6.45, 7) is 0. The van der Waals surface area contributed by atoms with Gasteiger partial charge in [-0.25, -0.2) is 4.68 Å². The lowest BCUT2D eigenvalue weighted by molar-refractivity contribution is 0.565. The molecule has 0 bridgehead atoms. The topological polar surface area (TPSA) is 74.3 Å². The normalized spacial score (nSPS) is 14.5. The number of para-hydroxylation sites is 1. The van der Waals surface area contributed by atoms with Gasteiger partial charge in [-0.05, 0) is 35.4 Å². The van der Waals surface area contributed by atoms with Crippen LogP contribution in [0.4, 0.5) is 0 Å². The molecule has 1 aromatic carbocycles. The highest BCUT2D eigenvalue weighted by atomic mass is 32.2. The molecule has 2 heterocycles. The summed E-state index contributed by atoms with van der Waals surface area (Å²) in [6.07, 6.45) is 4.12. The average Bonchev–Trinajstić information content (AvgIpc) is 3.09. The van der Waals surface area contributed by atoms with Gasteiger partial charge in [0, 0.05) is 5.75 Å². The lowest BCUT2D eigenvalue weighted by Crippen LogP contribution is -2.00. The minimum atomic E-state index is 0.488. The Morgan fingerprint density at radius 2 is 2.05 bits per heavy atom. The van der Waals surface area contributed by atoms with Crippen LogP contribution in [0.2, 0.25) is 0 Å². The zero-order valence-electron chi connectivity index (χ0n) is 11.2. The Bertz CT molecular complexity index is 732. The first-order valence-electron chi connectivity index (χ1n) is 6.77. The molecule has 0 N–H and O–H groups in total. The van der Waals surface area contributed by atoms with Crippen molar-refractivity contribution >= 4 is 11.8 Å². The Hall–Kier alpha value is -2.22. The Morgan fingerprint density at radius 3 is 2.86 bits per heavy atom. The van der Waals surface area contributed by atoms with E-state index in [1.54, 1.807) is 22.8 Å². The fraction of sp³-hybridized carbons (Fsp3) is 0.308. The van der Waals surface area contributed by atoms with Crippen LogP contribution in [0.3, 0.4) is 0 Å². The van der Waals surface area contributed by atoms with Crippen LogP contribution in [0, 0.1) is 0 Å². The molecule has 1 saturated carbocycles. The summed E-state index contributed by atoms with van der Waals surface area (Å²) < 4.78 is 1.91. The molecular formula is C13H13N7S. The standard InChI is InChI=1S/C13H13N7S/c1-2-4-12(5-3-1)20-14-8-10(16-20)9-21-13-15-17-18-19(13)11-6-7-11/h1-5,8,11H,6-7,9H2. The van der Waals surface area contributed by atoms with Crippen molar-refractivity contribution < 1.29 is 0 Å². The fourth-order valence-corrected chi connectivity index (χ4v) is 2.84. The van der Waals surface area contributed by atoms with E-state index < -0.39 is 0 Å². The molecule has 0 amide bonds. The van der Waals surface area contributed by atoms with E-state index >= 15 is 0 Å². The first-order chi connectivity index (χ1) is 10.4. The van der Waals surface area contributed by atoms with Crippen LogP contribution in [0.5, 0.6) is 0 Å². The average molecular weight is 299 g/mol. The Labute approximate surface area is 125 Å². The summed E-state index contributed by atoms with van der Waals surface area (Å²) in [7, 11) is 0. The molecule has 1 aliphatic rings. The summed E-state index contributed by atoms with van der Waals surface area (Å²) in [4.78, 5) is 1.64. The molecule has 21 heavy (non-hydrogen) atoms. The van der Waals surface area contributed by atoms with Crippen molar-refractivity contribution in [3.05, 3.63) is 42.2 Å². The van der Waals surface area contributed by atoms with Gasteiger partial charge in [0.1, 0.15) is 0 Å². The van der Waals surface area contributed by atoms with Crippen LogP contribution in [0.1, 0.15) is 24.6 Å². The quantitative estimate of drug-likeness (QED) is 0.670. The van der Waals surface area contributed by atoms with E-state index in [1.165, 1.54) is 12.8 Å². The maximum absolute atomic E-state index is 4.48. The van der Waals surface area contributed by atoms with Crippen molar-refractivity contribution in [3.63, 3.8) is 0 Å². The number of benzene rings is 1. The summed E-state index contributed by atoms with van der Waals surface area (Å²) >= 11 is 1.59. The van der Waals surface area contributed by atoms with Crippen molar-refractivity contribution in [3.8, 4) is 5.69 Å². The van der Waals surface area contributed by atoms with Gasteiger partial charge >= 0.3 is 0 Å². The largest absolute Gasteiger partial charge is 0.217 e. The molecule has 0 radical (unpaired) electrons. The second kappa shape index (κ2) is 5.28. The Morgan fingerprint density at radius 1 is 1.19 bits per heavy atom. The summed E-state index contributed by atoms with van der Waals surface area (Å²) in [5, 5.41) is 21.5. The maximum Gasteiger partial charge on any atom is 0.209 e. The lowest BCUT2D eigenvalue weighted by Gasteiger charge is -2.00. The van der Waals surface area contributed by atoms with Crippen LogP contribution in [-0.2, 0) is 5.75 Å². The van der Waals surface area contributed by atoms with Crippen LogP contribution >= 0.6 is 11.8 Å². The number of hydrogen-bond donors (Lipinski definition) is 0. The molecule has 8 heteroatoms. The number of tetrazole rings is 1. The van der Waals surface area contributed by atoms with Gasteiger partial charge in [0.05, 0.1) is 23.6 Å². The molecule has 0 spiro atoms. The second-order valence-electron chi connectivity index (χ2n) is 4.89. The summed E-state index contributed by atoms with van der Waals surface area (Å²) in [5.74, 6) is 0.708. The molecule has 4 rings (SSSR count). The first kappa shape index (κ1) is 12.5. The number of nitrogens with zero attached hydrogens (tertiary/aromatic N) is 7. The second-order valence-corrected chi connectivity index (χ2v) is 5.83. The molecule has 1 fully saturated rings. The monoisotopic (exact) mass is 299 g/mol. The van der Waals surface area contributed by atoms with E-state index in [2.05, 4.69) is 25.7 Å². The van der Waals surface area contributed by atoms with Crippen molar-refractivity contribution in [1.29, 1.82) is 0 Å². The van der Waals surface area contributed by atoms with E-state index in [9.17, 15) is 0 Å². The van der Waals surface area contributed by atoms with Gasteiger partial charge < -0.3 is 0 Å². The SMILES string of the molecule is c1ccc(-n2ncc(CSc3nnnn3C3CC3)n2)cc1. The first-order valence-corrected chi connectivity index (χ1v) is 7.76. The predicted octanol–water partition coefficient (Wildman–Crippen LogP) is 1.88. The molecule has 0 saturated heterocycles. The van der Waals surface area contributed by atoms with Crippen LogP contribution in [0.25, 0.3) is 5.69 Å². The minimum Gasteiger partial charge on any atom is -0.217 e. The Kier molecular flexibility index (Phi) is 3.15. The highest BCUT2D eigenvalue weighted by Crippen LogP contribution is 2.36. The minimum absolute atomic E-state index is 0.488. The third-order valence-corrected chi connectivity index (χ3v) is 4.20. The number of rotatable bonds is 5. The lowest BCUT2D eigenvalue weighted by atomic mass is 10.3. The van der Waals surface area contributed by atoms with E-state index in [1.807, 2.05) is 35.0 Å². The van der Waals surface area contributed by atoms with Gasteiger partial charge in [0.2, 0.25) is 5.16 Å². The number of thioether (sulfide) groups is 1. The van der Waals surface area contributed by atoms with E-state index in [0.717, 1.165) is 16.5 Å². The highest BCUT2D eigenvalue weighted by Gasteiger charge is 2.27. The molecule has 7 nitrogen and oxygen atoms in total. The highest BCUT2D eigenvalue weighted by molar-refractivity contribution is 7.98. The smallest absolute Gasteiger partial charge is 0.209 e. The van der Waals surface area contributed by atoms with Gasteiger partial charge in [-0.2, -0.15) is 15.0 Å². The molecular weight excluding hydrogens is 286 g/mol. The molecule has 106 valence electrons. The summed E-state index contributed by atoms with van der Waals surface area (Å²) in [5.41, 5.74) is 1.87. The van der Waals surface area contributed by atoms with E-state index in [-0.39, 0.29) is 0 Å². The third kappa shape index (κ3) is 2.66. The van der Waals surface area contributed by atoms with Crippen molar-refractivity contribution in [2.24, 2.45) is 0 Å². The third-order valence-electron chi connectivity index (χ3n) is 3.23. The fourth-order valence-electron chi connectivity index (χ4n) is 2.01. The molecule has 0 atom stereocenters. The zero-order valence-corrected chi connectivity index (χ0v) is 12.0. The van der Waals surface area contributed by atoms with E-state index in [4.69, 9.17) is 0 Å². The van der Waals surface area contributed by atoms with Crippen molar-refractivity contribution in [1.82, 2.24) is 35.2 Å². The molecule has 2 aromatic heterocycles. The van der Waals surface area contributed by atoms with Crippen LogP contribution in [0.15, 0.2) is 41.7 Å². The van der Waals surface area contributed by atoms with Crippen LogP contribution in [-0.4, -0.2) is 35.2 Å².